The second-order valence-corrected chi connectivity index (χ2v) is 7.24. The highest BCUT2D eigenvalue weighted by atomic mass is 16.6. The highest BCUT2D eigenvalue weighted by Crippen LogP contribution is 2.43. The van der Waals surface area contributed by atoms with Gasteiger partial charge in [0.15, 0.2) is 0 Å². The molecule has 0 radical (unpaired) electrons. The first-order valence-corrected chi connectivity index (χ1v) is 9.48. The van der Waals surface area contributed by atoms with Gasteiger partial charge in [-0.1, -0.05) is 49.7 Å². The summed E-state index contributed by atoms with van der Waals surface area (Å²) in [5.41, 5.74) is 2.21. The van der Waals surface area contributed by atoms with Gasteiger partial charge in [-0.2, -0.15) is 0 Å². The van der Waals surface area contributed by atoms with E-state index in [-0.39, 0.29) is 18.0 Å². The van der Waals surface area contributed by atoms with Gasteiger partial charge in [-0.05, 0) is 23.1 Å². The Morgan fingerprint density at radius 2 is 1.96 bits per heavy atom. The van der Waals surface area contributed by atoms with E-state index in [1.165, 1.54) is 12.1 Å². The average Bonchev–Trinajstić information content (AvgIpc) is 3.08. The third-order valence-electron chi connectivity index (χ3n) is 5.58. The zero-order valence-electron chi connectivity index (χ0n) is 15.5. The Bertz CT molecular complexity index is 915. The molecule has 4 rings (SSSR count). The van der Waals surface area contributed by atoms with Crippen LogP contribution in [0.3, 0.4) is 0 Å². The summed E-state index contributed by atoms with van der Waals surface area (Å²) in [5.74, 6) is -1.06. The predicted molar refractivity (Wildman–Crippen MR) is 102 cm³/mol. The van der Waals surface area contributed by atoms with Crippen LogP contribution < -0.4 is 0 Å². The molecule has 1 amide bonds. The van der Waals surface area contributed by atoms with E-state index in [1.807, 2.05) is 31.2 Å². The number of non-ortho nitro benzene ring substituents is 1. The molecule has 2 aliphatic rings. The van der Waals surface area contributed by atoms with Gasteiger partial charge >= 0.3 is 0 Å². The molecule has 1 fully saturated rings. The van der Waals surface area contributed by atoms with Crippen LogP contribution in [0.1, 0.15) is 48.4 Å². The molecule has 146 valence electrons. The fourth-order valence-corrected chi connectivity index (χ4v) is 4.32. The van der Waals surface area contributed by atoms with Crippen molar-refractivity contribution in [1.29, 1.82) is 0 Å². The number of hydrogen-bond acceptors (Lipinski definition) is 5. The zero-order valence-corrected chi connectivity index (χ0v) is 15.5. The first kappa shape index (κ1) is 18.6. The zero-order chi connectivity index (χ0) is 19.8. The number of nitro groups is 1. The summed E-state index contributed by atoms with van der Waals surface area (Å²) in [6, 6.07) is 13.5. The van der Waals surface area contributed by atoms with Gasteiger partial charge < -0.3 is 14.7 Å². The first-order chi connectivity index (χ1) is 13.5. The molecule has 4 atom stereocenters. The van der Waals surface area contributed by atoms with Crippen LogP contribution in [0.25, 0.3) is 0 Å². The van der Waals surface area contributed by atoms with Crippen molar-refractivity contribution in [3.63, 3.8) is 0 Å². The first-order valence-electron chi connectivity index (χ1n) is 9.48. The standard InChI is InChI=1S/C21H22N2O5/c1-2-6-18-22-17(12-28-18)15-9-3-4-10-16(15)19(20(24)21(22)25)13-7-5-8-14(11-13)23(26)27/h3-5,7-11,17-20,24H,2,6,12H2,1H3/t17-,18+,19-,20+/m0/s1. The number of aliphatic hydroxyl groups excluding tert-OH is 1. The van der Waals surface area contributed by atoms with Crippen molar-refractivity contribution in [2.75, 3.05) is 6.61 Å². The van der Waals surface area contributed by atoms with E-state index in [2.05, 4.69) is 0 Å². The van der Waals surface area contributed by atoms with Crippen molar-refractivity contribution < 1.29 is 19.6 Å². The third-order valence-corrected chi connectivity index (χ3v) is 5.58. The van der Waals surface area contributed by atoms with E-state index in [4.69, 9.17) is 4.74 Å². The van der Waals surface area contributed by atoms with E-state index in [1.54, 1.807) is 17.0 Å². The SMILES string of the molecule is CCC[C@H]1OC[C@H]2c3ccccc3[C@H](c3cccc([N+](=O)[O-])c3)[C@@H](O)C(=O)N12. The summed E-state index contributed by atoms with van der Waals surface area (Å²) in [5, 5.41) is 22.3. The highest BCUT2D eigenvalue weighted by Gasteiger charge is 2.47. The van der Waals surface area contributed by atoms with E-state index >= 15 is 0 Å². The molecule has 2 aromatic rings. The fraction of sp³-hybridized carbons (Fsp3) is 0.381. The maximum Gasteiger partial charge on any atom is 0.269 e. The van der Waals surface area contributed by atoms with Crippen LogP contribution in [-0.4, -0.2) is 39.8 Å². The molecule has 0 bridgehead atoms. The largest absolute Gasteiger partial charge is 0.382 e. The van der Waals surface area contributed by atoms with Gasteiger partial charge in [-0.25, -0.2) is 0 Å². The van der Waals surface area contributed by atoms with Gasteiger partial charge in [0, 0.05) is 18.1 Å². The molecule has 0 unspecified atom stereocenters. The lowest BCUT2D eigenvalue weighted by atomic mass is 9.83. The number of ether oxygens (including phenoxy) is 1. The predicted octanol–water partition coefficient (Wildman–Crippen LogP) is 3.13. The van der Waals surface area contributed by atoms with E-state index in [0.29, 0.717) is 18.6 Å². The molecule has 0 spiro atoms. The minimum Gasteiger partial charge on any atom is -0.382 e. The van der Waals surface area contributed by atoms with Crippen molar-refractivity contribution >= 4 is 11.6 Å². The van der Waals surface area contributed by atoms with Crippen LogP contribution in [0.5, 0.6) is 0 Å². The smallest absolute Gasteiger partial charge is 0.269 e. The minimum absolute atomic E-state index is 0.0634. The Hall–Kier alpha value is -2.77. The molecule has 7 heteroatoms. The molecular weight excluding hydrogens is 360 g/mol. The maximum absolute atomic E-state index is 13.2. The molecule has 1 saturated heterocycles. The minimum atomic E-state index is -1.34. The lowest BCUT2D eigenvalue weighted by molar-refractivity contribution is -0.384. The molecule has 1 N–H and O–H groups in total. The van der Waals surface area contributed by atoms with E-state index < -0.39 is 22.9 Å². The summed E-state index contributed by atoms with van der Waals surface area (Å²) in [7, 11) is 0. The Balaban J connectivity index is 1.86. The van der Waals surface area contributed by atoms with Gasteiger partial charge in [0.2, 0.25) is 0 Å². The Kier molecular flexibility index (Phi) is 4.87. The number of amides is 1. The summed E-state index contributed by atoms with van der Waals surface area (Å²) < 4.78 is 5.87. The van der Waals surface area contributed by atoms with Gasteiger partial charge in [-0.3, -0.25) is 14.9 Å². The third kappa shape index (κ3) is 2.96. The van der Waals surface area contributed by atoms with Crippen LogP contribution in [0, 0.1) is 10.1 Å². The Labute approximate surface area is 162 Å². The summed E-state index contributed by atoms with van der Waals surface area (Å²) in [6.07, 6.45) is -0.158. The summed E-state index contributed by atoms with van der Waals surface area (Å²) >= 11 is 0. The number of rotatable bonds is 4. The second kappa shape index (κ2) is 7.33. The van der Waals surface area contributed by atoms with Gasteiger partial charge in [0.1, 0.15) is 12.3 Å². The summed E-state index contributed by atoms with van der Waals surface area (Å²) in [4.78, 5) is 25.7. The van der Waals surface area contributed by atoms with E-state index in [0.717, 1.165) is 17.5 Å². The average molecular weight is 382 g/mol. The number of hydrogen-bond donors (Lipinski definition) is 1. The van der Waals surface area contributed by atoms with E-state index in [9.17, 15) is 20.0 Å². The molecule has 2 aliphatic heterocycles. The number of nitrogens with zero attached hydrogens (tertiary/aromatic N) is 2. The Morgan fingerprint density at radius 1 is 1.21 bits per heavy atom. The lowest BCUT2D eigenvalue weighted by Gasteiger charge is -2.28. The number of fused-ring (bicyclic) bond motifs is 3. The lowest BCUT2D eigenvalue weighted by Crippen LogP contribution is -2.44. The second-order valence-electron chi connectivity index (χ2n) is 7.24. The number of nitro benzene ring substituents is 1. The molecule has 0 aromatic heterocycles. The van der Waals surface area contributed by atoms with Crippen LogP contribution in [0.15, 0.2) is 48.5 Å². The molecule has 28 heavy (non-hydrogen) atoms. The van der Waals surface area contributed by atoms with Crippen LogP contribution >= 0.6 is 0 Å². The van der Waals surface area contributed by atoms with Gasteiger partial charge in [-0.15, -0.1) is 0 Å². The molecular formula is C21H22N2O5. The molecule has 0 saturated carbocycles. The van der Waals surface area contributed by atoms with Gasteiger partial charge in [0.25, 0.3) is 11.6 Å². The van der Waals surface area contributed by atoms with Crippen molar-refractivity contribution in [3.8, 4) is 0 Å². The summed E-state index contributed by atoms with van der Waals surface area (Å²) in [6.45, 7) is 2.40. The number of carbonyl (C=O) groups is 1. The van der Waals surface area contributed by atoms with Crippen LogP contribution in [0.2, 0.25) is 0 Å². The van der Waals surface area contributed by atoms with Crippen molar-refractivity contribution in [2.45, 2.75) is 44.1 Å². The molecule has 2 heterocycles. The number of benzene rings is 2. The quantitative estimate of drug-likeness (QED) is 0.648. The molecule has 2 aromatic carbocycles. The van der Waals surface area contributed by atoms with Crippen LogP contribution in [0.4, 0.5) is 5.69 Å². The Morgan fingerprint density at radius 3 is 2.68 bits per heavy atom. The van der Waals surface area contributed by atoms with Crippen LogP contribution in [-0.2, 0) is 9.53 Å². The topological polar surface area (TPSA) is 92.9 Å². The number of carbonyl (C=O) groups excluding carboxylic acids is 1. The van der Waals surface area contributed by atoms with Gasteiger partial charge in [0.05, 0.1) is 17.6 Å². The molecule has 7 nitrogen and oxygen atoms in total. The maximum atomic E-state index is 13.2. The fourth-order valence-electron chi connectivity index (χ4n) is 4.32. The monoisotopic (exact) mass is 382 g/mol. The highest BCUT2D eigenvalue weighted by molar-refractivity contribution is 5.84. The number of aliphatic hydroxyl groups is 1. The normalized spacial score (nSPS) is 26.5. The van der Waals surface area contributed by atoms with Crippen molar-refractivity contribution in [2.24, 2.45) is 0 Å². The molecule has 0 aliphatic carbocycles. The van der Waals surface area contributed by atoms with Crippen molar-refractivity contribution in [1.82, 2.24) is 4.90 Å². The van der Waals surface area contributed by atoms with Crippen molar-refractivity contribution in [3.05, 3.63) is 75.3 Å².